The van der Waals surface area contributed by atoms with Crippen LogP contribution in [0.25, 0.3) is 16.6 Å². The Morgan fingerprint density at radius 3 is 2.68 bits per heavy atom. The minimum Gasteiger partial charge on any atom is -0.325 e. The second kappa shape index (κ2) is 7.59. The van der Waals surface area contributed by atoms with Crippen LogP contribution in [0.4, 0.5) is 10.1 Å². The van der Waals surface area contributed by atoms with Crippen molar-refractivity contribution in [1.29, 1.82) is 0 Å². The zero-order chi connectivity index (χ0) is 19.7. The molecule has 0 fully saturated rings. The molecule has 0 radical (unpaired) electrons. The normalized spacial score (nSPS) is 11.2. The maximum Gasteiger partial charge on any atom is 0.275 e. The Kier molecular flexibility index (Phi) is 5.00. The number of benzene rings is 2. The molecule has 4 rings (SSSR count). The molecule has 7 heteroatoms. The fraction of sp³-hybridized carbons (Fsp3) is 0.143. The molecule has 0 saturated heterocycles. The lowest BCUT2D eigenvalue weighted by molar-refractivity contribution is -0.116. The summed E-state index contributed by atoms with van der Waals surface area (Å²) in [7, 11) is 0. The smallest absolute Gasteiger partial charge is 0.275 e. The van der Waals surface area contributed by atoms with Gasteiger partial charge in [0.05, 0.1) is 16.7 Å². The van der Waals surface area contributed by atoms with Gasteiger partial charge in [-0.15, -0.1) is 0 Å². The number of rotatable bonds is 5. The predicted molar refractivity (Wildman–Crippen MR) is 111 cm³/mol. The van der Waals surface area contributed by atoms with Crippen LogP contribution in [0.15, 0.2) is 70.1 Å². The highest BCUT2D eigenvalue weighted by atomic mass is 79.9. The summed E-state index contributed by atoms with van der Waals surface area (Å²) in [6, 6.07) is 15.3. The van der Waals surface area contributed by atoms with Crippen LogP contribution < -0.4 is 10.9 Å². The van der Waals surface area contributed by atoms with Crippen LogP contribution in [0.2, 0.25) is 0 Å². The van der Waals surface area contributed by atoms with Gasteiger partial charge in [0.15, 0.2) is 0 Å². The molecule has 0 spiro atoms. The van der Waals surface area contributed by atoms with Gasteiger partial charge in [-0.05, 0) is 64.8 Å². The number of hydrogen-bond acceptors (Lipinski definition) is 2. The average molecular weight is 442 g/mol. The van der Waals surface area contributed by atoms with Gasteiger partial charge in [-0.2, -0.15) is 0 Å². The van der Waals surface area contributed by atoms with Gasteiger partial charge < -0.3 is 14.3 Å². The number of carbonyl (C=O) groups is 1. The summed E-state index contributed by atoms with van der Waals surface area (Å²) in [5, 5.41) is 2.85. The van der Waals surface area contributed by atoms with Gasteiger partial charge >= 0.3 is 0 Å². The number of hydrogen-bond donors (Lipinski definition) is 1. The molecule has 2 aromatic heterocycles. The Morgan fingerprint density at radius 1 is 1.04 bits per heavy atom. The van der Waals surface area contributed by atoms with Gasteiger partial charge in [0, 0.05) is 23.6 Å². The molecule has 0 bridgehead atoms. The van der Waals surface area contributed by atoms with Gasteiger partial charge in [-0.1, -0.05) is 12.1 Å². The monoisotopic (exact) mass is 441 g/mol. The lowest BCUT2D eigenvalue weighted by Crippen LogP contribution is -2.23. The van der Waals surface area contributed by atoms with E-state index >= 15 is 0 Å². The number of nitrogens with zero attached hydrogens (tertiary/aromatic N) is 2. The Hall–Kier alpha value is -2.93. The van der Waals surface area contributed by atoms with Crippen LogP contribution in [-0.4, -0.2) is 14.9 Å². The van der Waals surface area contributed by atoms with Gasteiger partial charge in [0.1, 0.15) is 11.3 Å². The fourth-order valence-corrected chi connectivity index (χ4v) is 3.71. The van der Waals surface area contributed by atoms with Crippen LogP contribution in [0.5, 0.6) is 0 Å². The number of nitrogens with one attached hydrogen (secondary N) is 1. The van der Waals surface area contributed by atoms with Crippen LogP contribution in [0.3, 0.4) is 0 Å². The largest absolute Gasteiger partial charge is 0.325 e. The third-order valence-electron chi connectivity index (χ3n) is 4.63. The topological polar surface area (TPSA) is 55.5 Å². The van der Waals surface area contributed by atoms with E-state index in [1.54, 1.807) is 33.4 Å². The van der Waals surface area contributed by atoms with Gasteiger partial charge in [0.2, 0.25) is 5.91 Å². The summed E-state index contributed by atoms with van der Waals surface area (Å²) in [4.78, 5) is 25.1. The van der Waals surface area contributed by atoms with E-state index in [1.165, 1.54) is 12.1 Å². The first-order valence-corrected chi connectivity index (χ1v) is 9.67. The molecular formula is C21H17BrFN3O2. The Bertz CT molecular complexity index is 1250. The van der Waals surface area contributed by atoms with Crippen LogP contribution >= 0.6 is 15.9 Å². The molecule has 0 aliphatic rings. The van der Waals surface area contributed by atoms with Crippen molar-refractivity contribution in [2.75, 3.05) is 5.32 Å². The predicted octanol–water partition coefficient (Wildman–Crippen LogP) is 4.57. The van der Waals surface area contributed by atoms with E-state index in [9.17, 15) is 14.0 Å². The van der Waals surface area contributed by atoms with E-state index in [2.05, 4.69) is 21.2 Å². The highest BCUT2D eigenvalue weighted by Crippen LogP contribution is 2.21. The standard InChI is InChI=1S/C21H17BrFN3O2/c22-15-5-1-2-6-16(15)24-20(27)8-4-12-26-19-13-14(23)9-10-17(19)25-11-3-7-18(25)21(26)28/h1-3,5-7,9-11,13H,4,8,12H2,(H,24,27). The molecule has 4 aromatic rings. The van der Waals surface area contributed by atoms with Crippen molar-refractivity contribution in [3.05, 3.63) is 81.4 Å². The molecule has 1 amide bonds. The Morgan fingerprint density at radius 2 is 1.86 bits per heavy atom. The van der Waals surface area contributed by atoms with E-state index in [4.69, 9.17) is 0 Å². The van der Waals surface area contributed by atoms with E-state index in [0.29, 0.717) is 29.7 Å². The summed E-state index contributed by atoms with van der Waals surface area (Å²) < 4.78 is 17.9. The highest BCUT2D eigenvalue weighted by Gasteiger charge is 2.12. The zero-order valence-electron chi connectivity index (χ0n) is 14.9. The van der Waals surface area contributed by atoms with Crippen LogP contribution in [-0.2, 0) is 11.3 Å². The second-order valence-electron chi connectivity index (χ2n) is 6.48. The molecule has 0 atom stereocenters. The molecule has 0 saturated carbocycles. The maximum absolute atomic E-state index is 13.8. The van der Waals surface area contributed by atoms with Crippen LogP contribution in [0.1, 0.15) is 12.8 Å². The molecule has 0 aliphatic carbocycles. The van der Waals surface area contributed by atoms with E-state index in [-0.39, 0.29) is 17.9 Å². The molecule has 28 heavy (non-hydrogen) atoms. The van der Waals surface area contributed by atoms with Gasteiger partial charge in [-0.25, -0.2) is 4.39 Å². The van der Waals surface area contributed by atoms with E-state index in [1.807, 2.05) is 24.3 Å². The van der Waals surface area contributed by atoms with Crippen molar-refractivity contribution in [2.45, 2.75) is 19.4 Å². The number of para-hydroxylation sites is 1. The van der Waals surface area contributed by atoms with Gasteiger partial charge in [0.25, 0.3) is 5.56 Å². The summed E-state index contributed by atoms with van der Waals surface area (Å²) in [6.07, 6.45) is 2.49. The summed E-state index contributed by atoms with van der Waals surface area (Å²) in [5.41, 5.74) is 2.29. The Labute approximate surface area is 168 Å². The Balaban J connectivity index is 1.57. The minimum absolute atomic E-state index is 0.140. The molecule has 0 unspecified atom stereocenters. The minimum atomic E-state index is -0.404. The number of carbonyl (C=O) groups excluding carboxylic acids is 1. The van der Waals surface area contributed by atoms with Crippen molar-refractivity contribution >= 4 is 44.1 Å². The third-order valence-corrected chi connectivity index (χ3v) is 5.33. The maximum atomic E-state index is 13.8. The quantitative estimate of drug-likeness (QED) is 0.492. The van der Waals surface area contributed by atoms with Crippen molar-refractivity contribution in [3.63, 3.8) is 0 Å². The van der Waals surface area contributed by atoms with E-state index in [0.717, 1.165) is 9.99 Å². The van der Waals surface area contributed by atoms with Crippen molar-refractivity contribution in [3.8, 4) is 0 Å². The second-order valence-corrected chi connectivity index (χ2v) is 7.34. The fourth-order valence-electron chi connectivity index (χ4n) is 3.32. The molecule has 2 heterocycles. The van der Waals surface area contributed by atoms with Crippen LogP contribution in [0, 0.1) is 5.82 Å². The summed E-state index contributed by atoms with van der Waals surface area (Å²) >= 11 is 3.39. The van der Waals surface area contributed by atoms with Crippen molar-refractivity contribution in [1.82, 2.24) is 8.97 Å². The molecular weight excluding hydrogens is 425 g/mol. The number of halogens is 2. The first kappa shape index (κ1) is 18.4. The molecule has 5 nitrogen and oxygen atoms in total. The zero-order valence-corrected chi connectivity index (χ0v) is 16.4. The van der Waals surface area contributed by atoms with E-state index < -0.39 is 5.82 Å². The average Bonchev–Trinajstić information content (AvgIpc) is 3.16. The molecule has 1 N–H and O–H groups in total. The van der Waals surface area contributed by atoms with Gasteiger partial charge in [-0.3, -0.25) is 9.59 Å². The molecule has 0 aliphatic heterocycles. The number of aromatic nitrogens is 2. The number of amides is 1. The molecule has 142 valence electrons. The van der Waals surface area contributed by atoms with Crippen molar-refractivity contribution < 1.29 is 9.18 Å². The third kappa shape index (κ3) is 3.45. The first-order valence-electron chi connectivity index (χ1n) is 8.88. The lowest BCUT2D eigenvalue weighted by atomic mass is 10.2. The summed E-state index contributed by atoms with van der Waals surface area (Å²) in [5.74, 6) is -0.543. The summed E-state index contributed by atoms with van der Waals surface area (Å²) in [6.45, 7) is 0.323. The molecule has 2 aromatic carbocycles. The SMILES string of the molecule is O=C(CCCn1c(=O)c2cccn2c2ccc(F)cc21)Nc1ccccc1Br. The first-order chi connectivity index (χ1) is 13.5. The van der Waals surface area contributed by atoms with Crippen molar-refractivity contribution in [2.24, 2.45) is 0 Å². The number of anilines is 1. The number of aryl methyl sites for hydroxylation is 1. The lowest BCUT2D eigenvalue weighted by Gasteiger charge is -2.13. The highest BCUT2D eigenvalue weighted by molar-refractivity contribution is 9.10. The number of fused-ring (bicyclic) bond motifs is 3.